The summed E-state index contributed by atoms with van der Waals surface area (Å²) < 4.78 is 33.7. The molecule has 2 atom stereocenters. The number of carbonyl (C=O) groups excluding carboxylic acids is 1. The van der Waals surface area contributed by atoms with Crippen molar-refractivity contribution < 1.29 is 28.5 Å². The lowest BCUT2D eigenvalue weighted by molar-refractivity contribution is -0.0911. The molecule has 43 heavy (non-hydrogen) atoms. The third kappa shape index (κ3) is 8.03. The summed E-state index contributed by atoms with van der Waals surface area (Å²) in [5.74, 6) is 0.102. The van der Waals surface area contributed by atoms with Gasteiger partial charge in [0.2, 0.25) is 0 Å². The number of hydrogen-bond acceptors (Lipinski definition) is 10. The Labute approximate surface area is 253 Å². The topological polar surface area (TPSA) is 150 Å². The maximum absolute atomic E-state index is 13.6. The lowest BCUT2D eigenvalue weighted by atomic mass is 9.88. The molecule has 2 aromatic heterocycles. The molecule has 5 N–H and O–H groups in total. The Kier molecular flexibility index (Phi) is 11.5. The average Bonchev–Trinajstić information content (AvgIpc) is 3.76. The van der Waals surface area contributed by atoms with Crippen LogP contribution in [0.1, 0.15) is 62.0 Å². The van der Waals surface area contributed by atoms with Crippen LogP contribution in [-0.2, 0) is 10.4 Å². The lowest BCUT2D eigenvalue weighted by Crippen LogP contribution is -2.34. The molecule has 1 saturated carbocycles. The highest BCUT2D eigenvalue weighted by atomic mass is 32.2. The summed E-state index contributed by atoms with van der Waals surface area (Å²) >= 11 is 1.39. The molecule has 0 spiro atoms. The van der Waals surface area contributed by atoms with Gasteiger partial charge in [-0.2, -0.15) is 5.10 Å². The van der Waals surface area contributed by atoms with Crippen LogP contribution in [0.5, 0.6) is 0 Å². The van der Waals surface area contributed by atoms with Crippen molar-refractivity contribution >= 4 is 36.3 Å². The Balaban J connectivity index is 0.00000121. The van der Waals surface area contributed by atoms with E-state index in [2.05, 4.69) is 26.1 Å². The minimum Gasteiger partial charge on any atom is -0.495 e. The number of halogens is 2. The number of alkyl halides is 2. The molecule has 2 aromatic rings. The summed E-state index contributed by atoms with van der Waals surface area (Å²) in [4.78, 5) is 30.4. The Morgan fingerprint density at radius 3 is 2.53 bits per heavy atom. The normalized spacial score (nSPS) is 19.3. The molecular formula is C28H35BF2N6O5S. The zero-order valence-electron chi connectivity index (χ0n) is 24.5. The number of aliphatic hydroxyl groups is 2. The molecule has 0 bridgehead atoms. The number of amides is 1. The molecule has 15 heteroatoms. The van der Waals surface area contributed by atoms with Crippen molar-refractivity contribution in [3.8, 4) is 5.82 Å². The summed E-state index contributed by atoms with van der Waals surface area (Å²) in [7, 11) is 6.60. The molecular weight excluding hydrogens is 581 g/mol. The Hall–Kier alpha value is -3.69. The van der Waals surface area contributed by atoms with E-state index in [1.807, 2.05) is 27.7 Å². The SMILES string of the molecule is CC.CC.[B]C(O)(O)c1ccn(-c2cc(C3=CC(C(F)F)NC=C3OC)c(C(=O)NC3=NNC(C4CC4)S3)cn2)c(=O)c1. The average molecular weight is 617 g/mol. The van der Waals surface area contributed by atoms with Crippen LogP contribution in [0.15, 0.2) is 58.5 Å². The number of hydrazone groups is 1. The van der Waals surface area contributed by atoms with E-state index in [1.165, 1.54) is 55.7 Å². The first kappa shape index (κ1) is 33.8. The first-order chi connectivity index (χ1) is 20.5. The molecule has 5 rings (SSSR count). The second kappa shape index (κ2) is 14.7. The van der Waals surface area contributed by atoms with E-state index in [-0.39, 0.29) is 39.2 Å². The zero-order chi connectivity index (χ0) is 31.9. The number of hydrogen-bond donors (Lipinski definition) is 5. The van der Waals surface area contributed by atoms with Crippen LogP contribution in [0.3, 0.4) is 0 Å². The maximum Gasteiger partial charge on any atom is 0.261 e. The quantitative estimate of drug-likeness (QED) is 0.234. The van der Waals surface area contributed by atoms with Crippen LogP contribution < -0.4 is 21.6 Å². The van der Waals surface area contributed by atoms with Gasteiger partial charge < -0.3 is 20.3 Å². The third-order valence-electron chi connectivity index (χ3n) is 6.33. The molecule has 0 aromatic carbocycles. The number of pyridine rings is 2. The number of aromatic nitrogens is 2. The summed E-state index contributed by atoms with van der Waals surface area (Å²) in [6.07, 6.45) is 4.35. The predicted molar refractivity (Wildman–Crippen MR) is 163 cm³/mol. The number of allylic oxidation sites excluding steroid dienone is 1. The maximum atomic E-state index is 13.6. The number of thioether (sulfide) groups is 1. The minimum absolute atomic E-state index is 0.0254. The fourth-order valence-electron chi connectivity index (χ4n) is 4.09. The van der Waals surface area contributed by atoms with Crippen LogP contribution in [0.4, 0.5) is 8.78 Å². The zero-order valence-corrected chi connectivity index (χ0v) is 25.3. The van der Waals surface area contributed by atoms with Gasteiger partial charge in [-0.25, -0.2) is 13.8 Å². The Morgan fingerprint density at radius 1 is 1.26 bits per heavy atom. The molecule has 11 nitrogen and oxygen atoms in total. The highest BCUT2D eigenvalue weighted by Gasteiger charge is 2.36. The van der Waals surface area contributed by atoms with Gasteiger partial charge in [-0.15, -0.1) is 0 Å². The van der Waals surface area contributed by atoms with Gasteiger partial charge in [0.05, 0.1) is 18.0 Å². The number of dihydropyridines is 1. The van der Waals surface area contributed by atoms with Crippen molar-refractivity contribution in [1.82, 2.24) is 25.6 Å². The van der Waals surface area contributed by atoms with Gasteiger partial charge >= 0.3 is 0 Å². The van der Waals surface area contributed by atoms with Gasteiger partial charge in [-0.1, -0.05) is 39.5 Å². The number of nitrogens with zero attached hydrogens (tertiary/aromatic N) is 3. The largest absolute Gasteiger partial charge is 0.495 e. The fraction of sp³-hybridized carbons (Fsp3) is 0.429. The second-order valence-electron chi connectivity index (χ2n) is 9.13. The lowest BCUT2D eigenvalue weighted by Gasteiger charge is -2.24. The van der Waals surface area contributed by atoms with Gasteiger partial charge in [0.15, 0.2) is 13.0 Å². The highest BCUT2D eigenvalue weighted by Crippen LogP contribution is 2.39. The van der Waals surface area contributed by atoms with Crippen LogP contribution in [0.25, 0.3) is 11.4 Å². The van der Waals surface area contributed by atoms with Crippen molar-refractivity contribution in [2.75, 3.05) is 7.11 Å². The number of nitrogens with one attached hydrogen (secondary N) is 3. The van der Waals surface area contributed by atoms with Gasteiger partial charge in [0, 0.05) is 41.4 Å². The minimum atomic E-state index is -2.76. The first-order valence-corrected chi connectivity index (χ1v) is 14.7. The van der Waals surface area contributed by atoms with E-state index < -0.39 is 29.6 Å². The standard InChI is InChI=1S/C24H23BF2N6O5S.2C2H6/c1-38-17-10-28-16(20(26)27)7-14(17)13-8-18(33-5-4-12(6-19(33)34)24(25,36)37)29-9-15(13)21(35)30-23-32-31-22(39-23)11-2-3-11;2*1-2/h4-11,16,20,22,28,31,36-37H,2-3H2,1H3,(H,30,32,35);2*1-2H3. The smallest absolute Gasteiger partial charge is 0.261 e. The Bertz CT molecular complexity index is 1460. The van der Waals surface area contributed by atoms with Gasteiger partial charge in [-0.05, 0) is 37.0 Å². The van der Waals surface area contributed by atoms with Crippen LogP contribution in [0.2, 0.25) is 0 Å². The molecule has 2 radical (unpaired) electrons. The van der Waals surface area contributed by atoms with E-state index in [0.717, 1.165) is 23.5 Å². The summed E-state index contributed by atoms with van der Waals surface area (Å²) in [6.45, 7) is 8.00. The predicted octanol–water partition coefficient (Wildman–Crippen LogP) is 2.73. The molecule has 2 aliphatic heterocycles. The van der Waals surface area contributed by atoms with Crippen molar-refractivity contribution in [2.45, 2.75) is 64.1 Å². The monoisotopic (exact) mass is 616 g/mol. The summed E-state index contributed by atoms with van der Waals surface area (Å²) in [6, 6.07) is 2.14. The van der Waals surface area contributed by atoms with Crippen molar-refractivity contribution in [3.05, 3.63) is 75.7 Å². The number of methoxy groups -OCH3 is 1. The van der Waals surface area contributed by atoms with E-state index in [4.69, 9.17) is 12.6 Å². The highest BCUT2D eigenvalue weighted by molar-refractivity contribution is 8.14. The van der Waals surface area contributed by atoms with Crippen LogP contribution in [0, 0.1) is 5.92 Å². The van der Waals surface area contributed by atoms with Gasteiger partial charge in [0.25, 0.3) is 17.9 Å². The molecule has 2 unspecified atom stereocenters. The molecule has 1 aliphatic carbocycles. The molecule has 230 valence electrons. The van der Waals surface area contributed by atoms with E-state index in [9.17, 15) is 28.6 Å². The van der Waals surface area contributed by atoms with E-state index in [0.29, 0.717) is 11.1 Å². The summed E-state index contributed by atoms with van der Waals surface area (Å²) in [5.41, 5.74) is -0.313. The summed E-state index contributed by atoms with van der Waals surface area (Å²) in [5, 5.41) is 29.1. The van der Waals surface area contributed by atoms with E-state index in [1.54, 1.807) is 0 Å². The van der Waals surface area contributed by atoms with Crippen molar-refractivity contribution in [1.29, 1.82) is 0 Å². The first-order valence-electron chi connectivity index (χ1n) is 13.8. The van der Waals surface area contributed by atoms with Crippen molar-refractivity contribution in [3.63, 3.8) is 0 Å². The Morgan fingerprint density at radius 2 is 1.95 bits per heavy atom. The van der Waals surface area contributed by atoms with Crippen LogP contribution in [-0.4, -0.2) is 63.6 Å². The van der Waals surface area contributed by atoms with Gasteiger partial charge in [-0.3, -0.25) is 24.9 Å². The fourth-order valence-corrected chi connectivity index (χ4v) is 5.16. The molecule has 1 amide bonds. The number of carbonyl (C=O) groups is 1. The number of rotatable bonds is 7. The number of ether oxygens (including phenoxy) is 1. The molecule has 0 saturated heterocycles. The van der Waals surface area contributed by atoms with Crippen molar-refractivity contribution in [2.24, 2.45) is 11.0 Å². The second-order valence-corrected chi connectivity index (χ2v) is 10.3. The third-order valence-corrected chi connectivity index (χ3v) is 7.49. The molecule has 4 heterocycles. The molecule has 3 aliphatic rings. The van der Waals surface area contributed by atoms with Crippen LogP contribution >= 0.6 is 11.8 Å². The van der Waals surface area contributed by atoms with Gasteiger partial charge in [0.1, 0.15) is 23.3 Å². The van der Waals surface area contributed by atoms with E-state index >= 15 is 0 Å². The number of amidine groups is 1. The molecule has 1 fully saturated rings.